The first-order valence-corrected chi connectivity index (χ1v) is 7.65. The normalized spacial score (nSPS) is 10.7. The van der Waals surface area contributed by atoms with Crippen LogP contribution in [0.15, 0.2) is 42.5 Å². The number of rotatable bonds is 7. The van der Waals surface area contributed by atoms with E-state index in [-0.39, 0.29) is 11.5 Å². The highest BCUT2D eigenvalue weighted by Crippen LogP contribution is 2.27. The molecule has 25 heavy (non-hydrogen) atoms. The Balaban J connectivity index is 1.88. The van der Waals surface area contributed by atoms with Crippen molar-refractivity contribution >= 4 is 12.0 Å². The largest absolute Gasteiger partial charge is 0.493 e. The van der Waals surface area contributed by atoms with Crippen molar-refractivity contribution in [1.29, 1.82) is 0 Å². The molecule has 1 amide bonds. The molecule has 1 N–H and O–H groups in total. The minimum atomic E-state index is -0.587. The molecule has 0 aliphatic carbocycles. The van der Waals surface area contributed by atoms with E-state index in [0.29, 0.717) is 24.5 Å². The van der Waals surface area contributed by atoms with Crippen LogP contribution < -0.4 is 14.8 Å². The van der Waals surface area contributed by atoms with Gasteiger partial charge in [0.1, 0.15) is 11.6 Å². The van der Waals surface area contributed by atoms with Crippen molar-refractivity contribution in [1.82, 2.24) is 5.32 Å². The molecule has 0 spiro atoms. The van der Waals surface area contributed by atoms with E-state index in [1.54, 1.807) is 20.3 Å². The van der Waals surface area contributed by atoms with Gasteiger partial charge in [-0.25, -0.2) is 8.78 Å². The van der Waals surface area contributed by atoms with E-state index < -0.39 is 11.6 Å². The number of ether oxygens (including phenoxy) is 2. The second kappa shape index (κ2) is 8.82. The van der Waals surface area contributed by atoms with Gasteiger partial charge < -0.3 is 14.8 Å². The number of halogens is 2. The van der Waals surface area contributed by atoms with Crippen LogP contribution in [0.3, 0.4) is 0 Å². The molecule has 0 heterocycles. The number of hydrogen-bond acceptors (Lipinski definition) is 3. The molecule has 0 bridgehead atoms. The van der Waals surface area contributed by atoms with Gasteiger partial charge in [0.15, 0.2) is 11.5 Å². The maximum atomic E-state index is 13.5. The summed E-state index contributed by atoms with van der Waals surface area (Å²) in [7, 11) is 3.12. The molecule has 0 aliphatic heterocycles. The molecule has 0 saturated heterocycles. The molecule has 132 valence electrons. The van der Waals surface area contributed by atoms with Crippen molar-refractivity contribution < 1.29 is 23.0 Å². The van der Waals surface area contributed by atoms with Crippen molar-refractivity contribution in [2.45, 2.75) is 6.42 Å². The molecular weight excluding hydrogens is 328 g/mol. The van der Waals surface area contributed by atoms with Gasteiger partial charge in [-0.1, -0.05) is 6.07 Å². The van der Waals surface area contributed by atoms with Crippen LogP contribution in [-0.2, 0) is 11.2 Å². The summed E-state index contributed by atoms with van der Waals surface area (Å²) in [5, 5.41) is 2.69. The Morgan fingerprint density at radius 2 is 1.84 bits per heavy atom. The van der Waals surface area contributed by atoms with Gasteiger partial charge >= 0.3 is 0 Å². The predicted molar refractivity (Wildman–Crippen MR) is 91.7 cm³/mol. The Kier molecular flexibility index (Phi) is 6.51. The zero-order valence-electron chi connectivity index (χ0n) is 14.0. The number of benzene rings is 2. The van der Waals surface area contributed by atoms with E-state index in [4.69, 9.17) is 9.47 Å². The van der Waals surface area contributed by atoms with Gasteiger partial charge in [-0.15, -0.1) is 0 Å². The molecule has 0 unspecified atom stereocenters. The first-order valence-electron chi connectivity index (χ1n) is 7.65. The predicted octanol–water partition coefficient (Wildman–Crippen LogP) is 3.35. The van der Waals surface area contributed by atoms with Crippen molar-refractivity contribution in [3.63, 3.8) is 0 Å². The average molecular weight is 347 g/mol. The van der Waals surface area contributed by atoms with Crippen LogP contribution in [0.4, 0.5) is 8.78 Å². The fourth-order valence-electron chi connectivity index (χ4n) is 2.23. The lowest BCUT2D eigenvalue weighted by Crippen LogP contribution is -2.23. The third-order valence-corrected chi connectivity index (χ3v) is 3.53. The molecule has 4 nitrogen and oxygen atoms in total. The summed E-state index contributed by atoms with van der Waals surface area (Å²) >= 11 is 0. The molecule has 2 aromatic rings. The molecule has 6 heteroatoms. The Hall–Kier alpha value is -2.89. The van der Waals surface area contributed by atoms with Crippen molar-refractivity contribution in [2.24, 2.45) is 0 Å². The van der Waals surface area contributed by atoms with E-state index in [1.807, 2.05) is 12.1 Å². The lowest BCUT2D eigenvalue weighted by Gasteiger charge is -2.09. The summed E-state index contributed by atoms with van der Waals surface area (Å²) in [5.74, 6) is -0.280. The summed E-state index contributed by atoms with van der Waals surface area (Å²) in [6.07, 6.45) is 3.00. The highest BCUT2D eigenvalue weighted by atomic mass is 19.1. The Morgan fingerprint density at radius 3 is 2.56 bits per heavy atom. The first-order chi connectivity index (χ1) is 12.0. The van der Waals surface area contributed by atoms with Crippen molar-refractivity contribution in [2.75, 3.05) is 20.8 Å². The minimum absolute atomic E-state index is 0.0232. The highest BCUT2D eigenvalue weighted by Gasteiger charge is 2.05. The van der Waals surface area contributed by atoms with Gasteiger partial charge in [-0.05, 0) is 48.4 Å². The topological polar surface area (TPSA) is 47.6 Å². The molecule has 2 aromatic carbocycles. The summed E-state index contributed by atoms with van der Waals surface area (Å²) in [6, 6.07) is 8.58. The van der Waals surface area contributed by atoms with E-state index in [2.05, 4.69) is 5.32 Å². The number of amides is 1. The fourth-order valence-corrected chi connectivity index (χ4v) is 2.23. The number of carbonyl (C=O) groups excluding carboxylic acids is 1. The quantitative estimate of drug-likeness (QED) is 0.782. The van der Waals surface area contributed by atoms with Crippen LogP contribution in [-0.4, -0.2) is 26.7 Å². The lowest BCUT2D eigenvalue weighted by atomic mass is 10.1. The number of carbonyl (C=O) groups is 1. The van der Waals surface area contributed by atoms with Crippen LogP contribution in [0.25, 0.3) is 6.08 Å². The van der Waals surface area contributed by atoms with E-state index in [0.717, 1.165) is 23.8 Å². The van der Waals surface area contributed by atoms with Crippen molar-refractivity contribution in [3.05, 3.63) is 65.2 Å². The summed E-state index contributed by atoms with van der Waals surface area (Å²) < 4.78 is 36.9. The third kappa shape index (κ3) is 5.31. The van der Waals surface area contributed by atoms with Gasteiger partial charge in [-0.2, -0.15) is 0 Å². The molecule has 2 rings (SSSR count). The van der Waals surface area contributed by atoms with Crippen LogP contribution in [0.5, 0.6) is 11.5 Å². The van der Waals surface area contributed by atoms with Gasteiger partial charge in [0.25, 0.3) is 0 Å². The lowest BCUT2D eigenvalue weighted by molar-refractivity contribution is -0.116. The Morgan fingerprint density at radius 1 is 1.08 bits per heavy atom. The zero-order chi connectivity index (χ0) is 18.2. The monoisotopic (exact) mass is 347 g/mol. The zero-order valence-corrected chi connectivity index (χ0v) is 14.0. The van der Waals surface area contributed by atoms with Crippen LogP contribution in [0, 0.1) is 11.6 Å². The van der Waals surface area contributed by atoms with Gasteiger partial charge in [0.05, 0.1) is 14.2 Å². The Labute approximate surface area is 145 Å². The molecular formula is C19H19F2NO3. The smallest absolute Gasteiger partial charge is 0.244 e. The van der Waals surface area contributed by atoms with E-state index in [1.165, 1.54) is 12.2 Å². The number of nitrogens with one attached hydrogen (secondary N) is 1. The van der Waals surface area contributed by atoms with Crippen molar-refractivity contribution in [3.8, 4) is 11.5 Å². The SMILES string of the molecule is COc1ccc(CCNC(=O)C=Cc2cc(F)ccc2F)cc1OC. The van der Waals surface area contributed by atoms with E-state index in [9.17, 15) is 13.6 Å². The first kappa shape index (κ1) is 18.4. The standard InChI is InChI=1S/C19H19F2NO3/c1-24-17-7-3-13(11-18(17)25-2)9-10-22-19(23)8-4-14-12-15(20)5-6-16(14)21/h3-8,11-12H,9-10H2,1-2H3,(H,22,23). The van der Waals surface area contributed by atoms with Crippen LogP contribution in [0.2, 0.25) is 0 Å². The third-order valence-electron chi connectivity index (χ3n) is 3.53. The summed E-state index contributed by atoms with van der Waals surface area (Å²) in [5.41, 5.74) is 0.994. The molecule has 0 atom stereocenters. The average Bonchev–Trinajstić information content (AvgIpc) is 2.62. The maximum absolute atomic E-state index is 13.5. The van der Waals surface area contributed by atoms with Gasteiger partial charge in [-0.3, -0.25) is 4.79 Å². The maximum Gasteiger partial charge on any atom is 0.244 e. The Bertz CT molecular complexity index is 775. The molecule has 0 saturated carbocycles. The second-order valence-electron chi connectivity index (χ2n) is 5.23. The van der Waals surface area contributed by atoms with E-state index >= 15 is 0 Å². The number of methoxy groups -OCH3 is 2. The minimum Gasteiger partial charge on any atom is -0.493 e. The van der Waals surface area contributed by atoms with Crippen LogP contribution in [0.1, 0.15) is 11.1 Å². The second-order valence-corrected chi connectivity index (χ2v) is 5.23. The molecule has 0 aliphatic rings. The molecule has 0 aromatic heterocycles. The van der Waals surface area contributed by atoms with Gasteiger partial charge in [0, 0.05) is 18.2 Å². The summed E-state index contributed by atoms with van der Waals surface area (Å²) in [6.45, 7) is 0.393. The highest BCUT2D eigenvalue weighted by molar-refractivity contribution is 5.91. The number of hydrogen-bond donors (Lipinski definition) is 1. The fraction of sp³-hybridized carbons (Fsp3) is 0.211. The van der Waals surface area contributed by atoms with Gasteiger partial charge in [0.2, 0.25) is 5.91 Å². The summed E-state index contributed by atoms with van der Waals surface area (Å²) in [4.78, 5) is 11.8. The van der Waals surface area contributed by atoms with Crippen LogP contribution >= 0.6 is 0 Å². The molecule has 0 radical (unpaired) electrons. The molecule has 0 fully saturated rings.